The van der Waals surface area contributed by atoms with Crippen LogP contribution in [0, 0.1) is 13.8 Å². The molecule has 4 nitrogen and oxygen atoms in total. The Kier molecular flexibility index (Phi) is 8.10. The average molecular weight is 666 g/mol. The number of rotatable bonds is 9. The van der Waals surface area contributed by atoms with Crippen molar-refractivity contribution in [2.75, 3.05) is 20.8 Å². The van der Waals surface area contributed by atoms with E-state index in [0.29, 0.717) is 25.5 Å². The Hall–Kier alpha value is -4.24. The van der Waals surface area contributed by atoms with Gasteiger partial charge < -0.3 is 18.6 Å². The maximum atomic E-state index is 7.51. The second-order valence-corrected chi connectivity index (χ2v) is 17.6. The van der Waals surface area contributed by atoms with Crippen molar-refractivity contribution >= 4 is 41.9 Å². The van der Waals surface area contributed by atoms with E-state index in [9.17, 15) is 0 Å². The molecule has 1 heterocycles. The maximum absolute atomic E-state index is 7.51. The van der Waals surface area contributed by atoms with Gasteiger partial charge in [-0.1, -0.05) is 85.6 Å². The van der Waals surface area contributed by atoms with Gasteiger partial charge in [-0.15, -0.1) is 6.17 Å². The van der Waals surface area contributed by atoms with Crippen LogP contribution in [0.1, 0.15) is 59.7 Å². The fourth-order valence-corrected chi connectivity index (χ4v) is 8.50. The van der Waals surface area contributed by atoms with Gasteiger partial charge in [-0.05, 0) is 89.5 Å². The van der Waals surface area contributed by atoms with E-state index in [-0.39, 0.29) is 10.1 Å². The van der Waals surface area contributed by atoms with Gasteiger partial charge in [0.15, 0.2) is 5.60 Å². The summed E-state index contributed by atoms with van der Waals surface area (Å²) >= 11 is 0. The van der Waals surface area contributed by atoms with Crippen molar-refractivity contribution in [1.29, 1.82) is 0 Å². The molecule has 7 rings (SSSR count). The molecule has 0 fully saturated rings. The molecule has 1 aliphatic heterocycles. The first kappa shape index (κ1) is 32.3. The molecule has 0 bridgehead atoms. The second kappa shape index (κ2) is 12.0. The largest absolute Gasteiger partial charge is 0.497 e. The number of ether oxygens (including phenoxy) is 3. The molecule has 1 atom stereocenters. The standard InChI is InChI=1S/C42H41O4Si2/c1-26-9-19-32-35(23-26)39-34(38-37(32)33-20-10-27(2)24-36(33)41(38,5)25-45-48-40(3,4)47-8)21-22-42(46-39,28-11-15-30(43-6)16-12-28)29-13-17-31(44-7)18-14-29/h9-24H,8,25H2,1-7H3. The van der Waals surface area contributed by atoms with Gasteiger partial charge in [-0.3, -0.25) is 0 Å². The second-order valence-electron chi connectivity index (χ2n) is 13.7. The summed E-state index contributed by atoms with van der Waals surface area (Å²) in [5.74, 6) is 2.49. The Labute approximate surface area is 289 Å². The van der Waals surface area contributed by atoms with Gasteiger partial charge in [0.05, 0.1) is 14.2 Å². The van der Waals surface area contributed by atoms with E-state index in [1.807, 2.05) is 24.3 Å². The van der Waals surface area contributed by atoms with Gasteiger partial charge in [-0.25, -0.2) is 0 Å². The predicted octanol–water partition coefficient (Wildman–Crippen LogP) is 9.04. The van der Waals surface area contributed by atoms with E-state index in [1.54, 1.807) is 14.2 Å². The summed E-state index contributed by atoms with van der Waals surface area (Å²) in [4.78, 5) is 0. The molecule has 1 aliphatic carbocycles. The molecule has 48 heavy (non-hydrogen) atoms. The summed E-state index contributed by atoms with van der Waals surface area (Å²) in [5, 5.41) is 2.30. The monoisotopic (exact) mass is 665 g/mol. The minimum atomic E-state index is -0.883. The number of aryl methyl sites for hydroxylation is 2. The summed E-state index contributed by atoms with van der Waals surface area (Å²) < 4.78 is 25.3. The van der Waals surface area contributed by atoms with E-state index in [1.165, 1.54) is 38.8 Å². The number of methoxy groups -OCH3 is 2. The molecule has 1 unspecified atom stereocenters. The van der Waals surface area contributed by atoms with Gasteiger partial charge in [0.25, 0.3) is 0 Å². The van der Waals surface area contributed by atoms with Gasteiger partial charge in [-0.2, -0.15) is 0 Å². The summed E-state index contributed by atoms with van der Waals surface area (Å²) in [6, 6.07) is 30.1. The molecule has 3 radical (unpaired) electrons. The SMILES string of the molecule is C=[Si]C(C)(C)[Si]OCC1(C)c2cc(C)ccc2-c2c1c1c(c3cc(C)ccc23)OC(c2ccc(OC)cc2)(c2ccc(OC)cc2)C=C1. The van der Waals surface area contributed by atoms with Crippen LogP contribution in [0.4, 0.5) is 0 Å². The smallest absolute Gasteiger partial charge is 0.236 e. The molecule has 2 aliphatic rings. The molecule has 0 N–H and O–H groups in total. The van der Waals surface area contributed by atoms with Crippen LogP contribution < -0.4 is 14.2 Å². The number of benzene rings is 5. The number of hydrogen-bond donors (Lipinski definition) is 0. The van der Waals surface area contributed by atoms with Crippen molar-refractivity contribution in [2.24, 2.45) is 0 Å². The molecular formula is C42H41O4Si2. The molecule has 6 heteroatoms. The van der Waals surface area contributed by atoms with Crippen LogP contribution in [0.25, 0.3) is 28.0 Å². The minimum absolute atomic E-state index is 0.0485. The number of hydrogen-bond acceptors (Lipinski definition) is 4. The van der Waals surface area contributed by atoms with Gasteiger partial charge in [0, 0.05) is 43.2 Å². The number of fused-ring (bicyclic) bond motifs is 8. The summed E-state index contributed by atoms with van der Waals surface area (Å²) in [6.07, 6.45) is 8.73. The molecule has 5 aromatic carbocycles. The Morgan fingerprint density at radius 1 is 0.792 bits per heavy atom. The molecule has 5 aromatic rings. The summed E-state index contributed by atoms with van der Waals surface area (Å²) in [6.45, 7) is 11.7. The van der Waals surface area contributed by atoms with Crippen molar-refractivity contribution in [1.82, 2.24) is 0 Å². The summed E-state index contributed by atoms with van der Waals surface area (Å²) in [7, 11) is 4.31. The quantitative estimate of drug-likeness (QED) is 0.147. The normalized spacial score (nSPS) is 17.3. The first-order valence-corrected chi connectivity index (χ1v) is 18.5. The molecule has 0 amide bonds. The van der Waals surface area contributed by atoms with Crippen molar-refractivity contribution in [3.63, 3.8) is 0 Å². The molecular weight excluding hydrogens is 625 g/mol. The third kappa shape index (κ3) is 5.18. The van der Waals surface area contributed by atoms with Crippen LogP contribution in [0.5, 0.6) is 17.2 Å². The van der Waals surface area contributed by atoms with Crippen molar-refractivity contribution in [3.05, 3.63) is 130 Å². The highest BCUT2D eigenvalue weighted by Gasteiger charge is 2.46. The van der Waals surface area contributed by atoms with Crippen molar-refractivity contribution in [2.45, 2.75) is 50.3 Å². The molecule has 0 aromatic heterocycles. The third-order valence-corrected chi connectivity index (χ3v) is 12.5. The van der Waals surface area contributed by atoms with Crippen molar-refractivity contribution < 1.29 is 18.6 Å². The maximum Gasteiger partial charge on any atom is 0.236 e. The van der Waals surface area contributed by atoms with Gasteiger partial charge >= 0.3 is 0 Å². The highest BCUT2D eigenvalue weighted by Crippen LogP contribution is 2.58. The van der Waals surface area contributed by atoms with Gasteiger partial charge in [0.1, 0.15) is 17.2 Å². The van der Waals surface area contributed by atoms with Crippen LogP contribution in [-0.2, 0) is 15.4 Å². The highest BCUT2D eigenvalue weighted by molar-refractivity contribution is 6.60. The van der Waals surface area contributed by atoms with E-state index in [2.05, 4.69) is 114 Å². The molecule has 0 saturated carbocycles. The lowest BCUT2D eigenvalue weighted by Crippen LogP contribution is -2.36. The van der Waals surface area contributed by atoms with Gasteiger partial charge in [0.2, 0.25) is 9.76 Å². The predicted molar refractivity (Wildman–Crippen MR) is 200 cm³/mol. The van der Waals surface area contributed by atoms with Crippen LogP contribution in [0.2, 0.25) is 4.66 Å². The zero-order valence-corrected chi connectivity index (χ0v) is 30.8. The zero-order chi connectivity index (χ0) is 33.8. The zero-order valence-electron chi connectivity index (χ0n) is 28.8. The highest BCUT2D eigenvalue weighted by atomic mass is 28.3. The first-order chi connectivity index (χ1) is 23.0. The fourth-order valence-electron chi connectivity index (χ4n) is 7.28. The minimum Gasteiger partial charge on any atom is -0.497 e. The van der Waals surface area contributed by atoms with Crippen LogP contribution in [-0.4, -0.2) is 45.9 Å². The molecule has 241 valence electrons. The van der Waals surface area contributed by atoms with Crippen molar-refractivity contribution in [3.8, 4) is 28.4 Å². The Morgan fingerprint density at radius 3 is 2.00 bits per heavy atom. The van der Waals surface area contributed by atoms with E-state index in [4.69, 9.17) is 18.6 Å². The molecule has 0 spiro atoms. The van der Waals surface area contributed by atoms with Crippen LogP contribution >= 0.6 is 0 Å². The average Bonchev–Trinajstić information content (AvgIpc) is 3.35. The van der Waals surface area contributed by atoms with E-state index < -0.39 is 5.60 Å². The summed E-state index contributed by atoms with van der Waals surface area (Å²) in [5.41, 5.74) is 9.43. The lowest BCUT2D eigenvalue weighted by molar-refractivity contribution is 0.163. The third-order valence-electron chi connectivity index (χ3n) is 9.96. The topological polar surface area (TPSA) is 36.9 Å². The van der Waals surface area contributed by atoms with E-state index >= 15 is 0 Å². The lowest BCUT2D eigenvalue weighted by atomic mass is 9.76. The first-order valence-electron chi connectivity index (χ1n) is 16.4. The lowest BCUT2D eigenvalue weighted by Gasteiger charge is -2.39. The van der Waals surface area contributed by atoms with Crippen LogP contribution in [0.15, 0.2) is 91.0 Å². The fraction of sp³-hybridized carbons (Fsp3) is 0.262. The Balaban J connectivity index is 1.50. The van der Waals surface area contributed by atoms with Crippen LogP contribution in [0.3, 0.4) is 0 Å². The molecule has 0 saturated heterocycles. The Bertz CT molecular complexity index is 2030. The Morgan fingerprint density at radius 2 is 1.40 bits per heavy atom. The van der Waals surface area contributed by atoms with E-state index in [0.717, 1.165) is 39.3 Å².